The second-order valence-corrected chi connectivity index (χ2v) is 8.24. The lowest BCUT2D eigenvalue weighted by Gasteiger charge is -2.27. The zero-order valence-corrected chi connectivity index (χ0v) is 7.39. The highest BCUT2D eigenvalue weighted by molar-refractivity contribution is 6.73. The third-order valence-electron chi connectivity index (χ3n) is 1.47. The molecular formula is C6H14N2Si. The summed E-state index contributed by atoms with van der Waals surface area (Å²) in [6.07, 6.45) is 3.16. The second-order valence-electron chi connectivity index (χ2n) is 3.38. The molecule has 52 valence electrons. The van der Waals surface area contributed by atoms with Crippen LogP contribution >= 0.6 is 0 Å². The summed E-state index contributed by atoms with van der Waals surface area (Å²) < 4.78 is 2.26. The van der Waals surface area contributed by atoms with Crippen LogP contribution < -0.4 is 0 Å². The molecular weight excluding hydrogens is 128 g/mol. The SMILES string of the molecule is C[Si](C)(C)N1CCC=N1. The summed E-state index contributed by atoms with van der Waals surface area (Å²) in [6.45, 7) is 8.09. The first-order valence-corrected chi connectivity index (χ1v) is 6.85. The van der Waals surface area contributed by atoms with Crippen LogP contribution in [0.5, 0.6) is 0 Å². The Labute approximate surface area is 57.6 Å². The van der Waals surface area contributed by atoms with E-state index < -0.39 is 8.24 Å². The maximum Gasteiger partial charge on any atom is 0.169 e. The minimum Gasteiger partial charge on any atom is -0.325 e. The predicted molar refractivity (Wildman–Crippen MR) is 43.2 cm³/mol. The average molecular weight is 142 g/mol. The van der Waals surface area contributed by atoms with E-state index in [0.29, 0.717) is 0 Å². The maximum atomic E-state index is 4.28. The van der Waals surface area contributed by atoms with Crippen LogP contribution in [-0.2, 0) is 0 Å². The summed E-state index contributed by atoms with van der Waals surface area (Å²) in [7, 11) is -1.09. The smallest absolute Gasteiger partial charge is 0.169 e. The Morgan fingerprint density at radius 3 is 2.33 bits per heavy atom. The van der Waals surface area contributed by atoms with E-state index in [2.05, 4.69) is 29.4 Å². The number of rotatable bonds is 1. The molecule has 1 rings (SSSR count). The van der Waals surface area contributed by atoms with Gasteiger partial charge >= 0.3 is 0 Å². The standard InChI is InChI=1S/C6H14N2Si/c1-9(2,3)8-6-4-5-7-8/h5H,4,6H2,1-3H3. The van der Waals surface area contributed by atoms with Crippen LogP contribution in [0.4, 0.5) is 0 Å². The molecule has 0 spiro atoms. The summed E-state index contributed by atoms with van der Waals surface area (Å²) in [5.41, 5.74) is 0. The van der Waals surface area contributed by atoms with Crippen LogP contribution in [0, 0.1) is 0 Å². The van der Waals surface area contributed by atoms with Crippen molar-refractivity contribution in [1.82, 2.24) is 4.67 Å². The largest absolute Gasteiger partial charge is 0.325 e. The Balaban J connectivity index is 2.53. The first-order chi connectivity index (χ1) is 4.11. The fourth-order valence-corrected chi connectivity index (χ4v) is 2.13. The Bertz CT molecular complexity index is 126. The van der Waals surface area contributed by atoms with Gasteiger partial charge in [-0.2, -0.15) is 5.10 Å². The van der Waals surface area contributed by atoms with Gasteiger partial charge in [-0.15, -0.1) is 0 Å². The molecule has 0 N–H and O–H groups in total. The van der Waals surface area contributed by atoms with E-state index in [1.54, 1.807) is 0 Å². The van der Waals surface area contributed by atoms with Gasteiger partial charge in [0.1, 0.15) is 0 Å². The minimum atomic E-state index is -1.09. The molecule has 0 aromatic heterocycles. The van der Waals surface area contributed by atoms with Crippen molar-refractivity contribution < 1.29 is 0 Å². The molecule has 1 aliphatic rings. The fourth-order valence-electron chi connectivity index (χ4n) is 0.903. The van der Waals surface area contributed by atoms with Crippen molar-refractivity contribution in [2.75, 3.05) is 6.54 Å². The first-order valence-electron chi connectivity index (χ1n) is 3.41. The lowest BCUT2D eigenvalue weighted by atomic mass is 10.5. The zero-order valence-electron chi connectivity index (χ0n) is 6.39. The molecule has 0 saturated carbocycles. The van der Waals surface area contributed by atoms with Gasteiger partial charge in [-0.25, -0.2) is 0 Å². The van der Waals surface area contributed by atoms with E-state index in [-0.39, 0.29) is 0 Å². The molecule has 0 fully saturated rings. The lowest BCUT2D eigenvalue weighted by Crippen LogP contribution is -2.40. The molecule has 0 saturated heterocycles. The lowest BCUT2D eigenvalue weighted by molar-refractivity contribution is 0.496. The molecule has 3 heteroatoms. The summed E-state index contributed by atoms with van der Waals surface area (Å²) in [5, 5.41) is 4.28. The van der Waals surface area contributed by atoms with Crippen molar-refractivity contribution in [1.29, 1.82) is 0 Å². The third kappa shape index (κ3) is 1.54. The van der Waals surface area contributed by atoms with E-state index >= 15 is 0 Å². The van der Waals surface area contributed by atoms with E-state index in [4.69, 9.17) is 0 Å². The van der Waals surface area contributed by atoms with Gasteiger partial charge in [0, 0.05) is 19.2 Å². The van der Waals surface area contributed by atoms with Crippen molar-refractivity contribution in [3.8, 4) is 0 Å². The highest BCUT2D eigenvalue weighted by Crippen LogP contribution is 2.12. The number of hydrazone groups is 1. The van der Waals surface area contributed by atoms with Crippen molar-refractivity contribution in [2.24, 2.45) is 5.10 Å². The monoisotopic (exact) mass is 142 g/mol. The van der Waals surface area contributed by atoms with Gasteiger partial charge < -0.3 is 4.67 Å². The molecule has 0 aromatic rings. The quantitative estimate of drug-likeness (QED) is 0.507. The topological polar surface area (TPSA) is 15.6 Å². The van der Waals surface area contributed by atoms with Crippen LogP contribution in [0.25, 0.3) is 0 Å². The highest BCUT2D eigenvalue weighted by Gasteiger charge is 2.23. The molecule has 0 amide bonds. The van der Waals surface area contributed by atoms with Gasteiger partial charge in [-0.1, -0.05) is 19.6 Å². The fraction of sp³-hybridized carbons (Fsp3) is 0.833. The second kappa shape index (κ2) is 2.14. The van der Waals surface area contributed by atoms with Gasteiger partial charge in [0.25, 0.3) is 0 Å². The van der Waals surface area contributed by atoms with Gasteiger partial charge in [-0.3, -0.25) is 0 Å². The van der Waals surface area contributed by atoms with Gasteiger partial charge in [0.05, 0.1) is 0 Å². The number of hydrogen-bond acceptors (Lipinski definition) is 2. The first kappa shape index (κ1) is 6.80. The van der Waals surface area contributed by atoms with Crippen molar-refractivity contribution >= 4 is 14.5 Å². The molecule has 0 aromatic carbocycles. The van der Waals surface area contributed by atoms with Gasteiger partial charge in [-0.05, 0) is 0 Å². The normalized spacial score (nSPS) is 19.2. The molecule has 0 bridgehead atoms. The molecule has 2 nitrogen and oxygen atoms in total. The summed E-state index contributed by atoms with van der Waals surface area (Å²) in [4.78, 5) is 0. The molecule has 0 radical (unpaired) electrons. The van der Waals surface area contributed by atoms with Gasteiger partial charge in [0.15, 0.2) is 8.24 Å². The van der Waals surface area contributed by atoms with E-state index in [0.717, 1.165) is 13.0 Å². The van der Waals surface area contributed by atoms with Gasteiger partial charge in [0.2, 0.25) is 0 Å². The molecule has 0 atom stereocenters. The number of hydrogen-bond donors (Lipinski definition) is 0. The van der Waals surface area contributed by atoms with Crippen molar-refractivity contribution in [2.45, 2.75) is 26.1 Å². The molecule has 1 aliphatic heterocycles. The minimum absolute atomic E-state index is 1.09. The third-order valence-corrected chi connectivity index (χ3v) is 3.35. The van der Waals surface area contributed by atoms with E-state index in [1.807, 2.05) is 6.21 Å². The number of nitrogens with zero attached hydrogens (tertiary/aromatic N) is 2. The maximum absolute atomic E-state index is 4.28. The summed E-state index contributed by atoms with van der Waals surface area (Å²) in [5.74, 6) is 0. The Morgan fingerprint density at radius 1 is 1.44 bits per heavy atom. The Morgan fingerprint density at radius 2 is 2.11 bits per heavy atom. The van der Waals surface area contributed by atoms with Crippen LogP contribution in [0.1, 0.15) is 6.42 Å². The van der Waals surface area contributed by atoms with Crippen LogP contribution in [0.15, 0.2) is 5.10 Å². The average Bonchev–Trinajstić information content (AvgIpc) is 2.08. The van der Waals surface area contributed by atoms with E-state index in [9.17, 15) is 0 Å². The summed E-state index contributed by atoms with van der Waals surface area (Å²) >= 11 is 0. The van der Waals surface area contributed by atoms with Crippen molar-refractivity contribution in [3.05, 3.63) is 0 Å². The molecule has 1 heterocycles. The van der Waals surface area contributed by atoms with Crippen LogP contribution in [-0.4, -0.2) is 25.7 Å². The molecule has 9 heavy (non-hydrogen) atoms. The van der Waals surface area contributed by atoms with Crippen molar-refractivity contribution in [3.63, 3.8) is 0 Å². The Kier molecular flexibility index (Phi) is 1.61. The summed E-state index contributed by atoms with van der Waals surface area (Å²) in [6, 6.07) is 0. The molecule has 0 aliphatic carbocycles. The highest BCUT2D eigenvalue weighted by atomic mass is 28.3. The van der Waals surface area contributed by atoms with Crippen LogP contribution in [0.2, 0.25) is 19.6 Å². The van der Waals surface area contributed by atoms with Crippen LogP contribution in [0.3, 0.4) is 0 Å². The molecule has 0 unspecified atom stereocenters. The van der Waals surface area contributed by atoms with E-state index in [1.165, 1.54) is 0 Å². The zero-order chi connectivity index (χ0) is 6.91. The Hall–Kier alpha value is -0.313. The predicted octanol–water partition coefficient (Wildman–Crippen LogP) is 1.51.